The Balaban J connectivity index is 1.38. The minimum atomic E-state index is -0.547. The van der Waals surface area contributed by atoms with Crippen LogP contribution in [0.2, 0.25) is 0 Å². The molecule has 3 aliphatic rings. The highest BCUT2D eigenvalue weighted by Gasteiger charge is 2.45. The van der Waals surface area contributed by atoms with Gasteiger partial charge in [-0.3, -0.25) is 20.3 Å². The molecule has 27 heavy (non-hydrogen) atoms. The molecule has 0 saturated carbocycles. The van der Waals surface area contributed by atoms with E-state index in [1.165, 1.54) is 17.4 Å². The lowest BCUT2D eigenvalue weighted by Gasteiger charge is -2.41. The molecule has 11 nitrogen and oxygen atoms in total. The van der Waals surface area contributed by atoms with Gasteiger partial charge in [0.2, 0.25) is 11.8 Å². The van der Waals surface area contributed by atoms with Gasteiger partial charge in [0, 0.05) is 6.54 Å². The van der Waals surface area contributed by atoms with Gasteiger partial charge in [0.1, 0.15) is 19.0 Å². The van der Waals surface area contributed by atoms with E-state index in [1.54, 1.807) is 5.01 Å². The van der Waals surface area contributed by atoms with Crippen molar-refractivity contribution in [2.24, 2.45) is 5.92 Å². The van der Waals surface area contributed by atoms with Crippen molar-refractivity contribution in [2.75, 3.05) is 44.6 Å². The van der Waals surface area contributed by atoms with Crippen LogP contribution < -0.4 is 16.1 Å². The van der Waals surface area contributed by atoms with Gasteiger partial charge in [0.25, 0.3) is 0 Å². The summed E-state index contributed by atoms with van der Waals surface area (Å²) in [5, 5.41) is 7.34. The molecular formula is C16H23N7O4. The SMILES string of the molecule is O=C(Nc1ncco1)NN1CC(=O)N2CC(=O)N(CC3CCNCC3)CC12. The van der Waals surface area contributed by atoms with Crippen molar-refractivity contribution in [2.45, 2.75) is 19.0 Å². The molecule has 1 aromatic rings. The van der Waals surface area contributed by atoms with Gasteiger partial charge in [-0.2, -0.15) is 5.01 Å². The monoisotopic (exact) mass is 377 g/mol. The third-order valence-corrected chi connectivity index (χ3v) is 5.22. The molecule has 0 spiro atoms. The van der Waals surface area contributed by atoms with E-state index in [1.807, 2.05) is 4.90 Å². The van der Waals surface area contributed by atoms with Crippen LogP contribution >= 0.6 is 0 Å². The average Bonchev–Trinajstić information content (AvgIpc) is 3.25. The Labute approximate surface area is 156 Å². The number of hydrogen-bond acceptors (Lipinski definition) is 7. The Morgan fingerprint density at radius 2 is 2.07 bits per heavy atom. The molecule has 0 bridgehead atoms. The molecule has 4 amide bonds. The van der Waals surface area contributed by atoms with Gasteiger partial charge in [0.15, 0.2) is 0 Å². The van der Waals surface area contributed by atoms with E-state index in [9.17, 15) is 14.4 Å². The van der Waals surface area contributed by atoms with Crippen LogP contribution in [-0.4, -0.2) is 83.1 Å². The summed E-state index contributed by atoms with van der Waals surface area (Å²) in [6.45, 7) is 3.08. The van der Waals surface area contributed by atoms with E-state index >= 15 is 0 Å². The summed E-state index contributed by atoms with van der Waals surface area (Å²) in [6, 6.07) is -0.477. The number of anilines is 1. The van der Waals surface area contributed by atoms with E-state index < -0.39 is 6.03 Å². The number of rotatable bonds is 4. The zero-order valence-electron chi connectivity index (χ0n) is 14.9. The third kappa shape index (κ3) is 3.88. The maximum absolute atomic E-state index is 12.5. The summed E-state index contributed by atoms with van der Waals surface area (Å²) in [7, 11) is 0. The molecule has 1 unspecified atom stereocenters. The summed E-state index contributed by atoms with van der Waals surface area (Å²) in [6.07, 6.45) is 4.48. The van der Waals surface area contributed by atoms with Crippen molar-refractivity contribution in [3.63, 3.8) is 0 Å². The summed E-state index contributed by atoms with van der Waals surface area (Å²) in [5.41, 5.74) is 2.66. The minimum absolute atomic E-state index is 0.0259. The lowest BCUT2D eigenvalue weighted by atomic mass is 9.97. The second-order valence-corrected chi connectivity index (χ2v) is 7.03. The Bertz CT molecular complexity index is 704. The normalized spacial score (nSPS) is 24.2. The van der Waals surface area contributed by atoms with Gasteiger partial charge in [-0.25, -0.2) is 9.78 Å². The molecule has 0 aromatic carbocycles. The van der Waals surface area contributed by atoms with Crippen molar-refractivity contribution >= 4 is 23.9 Å². The highest BCUT2D eigenvalue weighted by atomic mass is 16.4. The molecule has 0 aliphatic carbocycles. The number of oxazole rings is 1. The highest BCUT2D eigenvalue weighted by molar-refractivity contribution is 5.90. The van der Waals surface area contributed by atoms with Crippen LogP contribution in [0.3, 0.4) is 0 Å². The van der Waals surface area contributed by atoms with Crippen molar-refractivity contribution in [3.05, 3.63) is 12.5 Å². The maximum atomic E-state index is 12.5. The summed E-state index contributed by atoms with van der Waals surface area (Å²) >= 11 is 0. The number of hydrazine groups is 1. The van der Waals surface area contributed by atoms with Crippen LogP contribution in [0, 0.1) is 5.92 Å². The second kappa shape index (κ2) is 7.53. The molecule has 3 saturated heterocycles. The van der Waals surface area contributed by atoms with Gasteiger partial charge < -0.3 is 19.5 Å². The van der Waals surface area contributed by atoms with Gasteiger partial charge in [-0.1, -0.05) is 0 Å². The second-order valence-electron chi connectivity index (χ2n) is 7.03. The Hall–Kier alpha value is -2.66. The quantitative estimate of drug-likeness (QED) is 0.616. The van der Waals surface area contributed by atoms with E-state index in [0.29, 0.717) is 19.0 Å². The molecule has 4 heterocycles. The summed E-state index contributed by atoms with van der Waals surface area (Å²) < 4.78 is 4.98. The van der Waals surface area contributed by atoms with Crippen molar-refractivity contribution in [1.82, 2.24) is 30.5 Å². The predicted molar refractivity (Wildman–Crippen MR) is 93.0 cm³/mol. The molecule has 1 atom stereocenters. The molecule has 3 fully saturated rings. The number of amides is 4. The van der Waals surface area contributed by atoms with Gasteiger partial charge in [-0.15, -0.1) is 0 Å². The van der Waals surface area contributed by atoms with Crippen molar-refractivity contribution < 1.29 is 18.8 Å². The predicted octanol–water partition coefficient (Wildman–Crippen LogP) is -0.977. The molecule has 1 aromatic heterocycles. The fourth-order valence-corrected chi connectivity index (χ4v) is 3.82. The molecule has 146 valence electrons. The number of piperazine rings is 1. The highest BCUT2D eigenvalue weighted by Crippen LogP contribution is 2.22. The van der Waals surface area contributed by atoms with E-state index in [-0.39, 0.29) is 37.1 Å². The Kier molecular flexibility index (Phi) is 4.94. The number of hydrogen-bond donors (Lipinski definition) is 3. The molecule has 3 N–H and O–H groups in total. The summed E-state index contributed by atoms with van der Waals surface area (Å²) in [5.74, 6) is 0.254. The topological polar surface area (TPSA) is 123 Å². The number of aromatic nitrogens is 1. The van der Waals surface area contributed by atoms with Crippen LogP contribution in [0.1, 0.15) is 12.8 Å². The average molecular weight is 377 g/mol. The smallest absolute Gasteiger partial charge is 0.337 e. The van der Waals surface area contributed by atoms with Crippen molar-refractivity contribution in [3.8, 4) is 0 Å². The van der Waals surface area contributed by atoms with E-state index in [4.69, 9.17) is 4.42 Å². The number of nitrogens with zero attached hydrogens (tertiary/aromatic N) is 4. The zero-order valence-corrected chi connectivity index (χ0v) is 14.9. The van der Waals surface area contributed by atoms with Gasteiger partial charge in [-0.05, 0) is 31.8 Å². The number of urea groups is 1. The fraction of sp³-hybridized carbons (Fsp3) is 0.625. The molecule has 3 aliphatic heterocycles. The first-order chi connectivity index (χ1) is 13.1. The Morgan fingerprint density at radius 1 is 1.26 bits per heavy atom. The lowest BCUT2D eigenvalue weighted by molar-refractivity contribution is -0.147. The van der Waals surface area contributed by atoms with Crippen molar-refractivity contribution in [1.29, 1.82) is 0 Å². The largest absolute Gasteiger partial charge is 0.432 e. The number of carbonyl (C=O) groups is 3. The Morgan fingerprint density at radius 3 is 2.81 bits per heavy atom. The fourth-order valence-electron chi connectivity index (χ4n) is 3.82. The number of nitrogens with one attached hydrogen (secondary N) is 3. The van der Waals surface area contributed by atoms with Gasteiger partial charge in [0.05, 0.1) is 19.3 Å². The standard InChI is InChI=1S/C16H23N7O4/c24-13-9-22-12(8-21(13)7-11-1-3-17-4-2-11)23(10-14(22)25)20-15(26)19-16-18-5-6-27-16/h5-6,11-12,17H,1-4,7-10H2,(H2,18,19,20,26). The molecule has 0 radical (unpaired) electrons. The van der Waals surface area contributed by atoms with Crippen LogP contribution in [-0.2, 0) is 9.59 Å². The van der Waals surface area contributed by atoms with Crippen LogP contribution in [0.4, 0.5) is 10.8 Å². The van der Waals surface area contributed by atoms with Crippen LogP contribution in [0.15, 0.2) is 16.9 Å². The summed E-state index contributed by atoms with van der Waals surface area (Å²) in [4.78, 5) is 44.0. The first kappa shape index (κ1) is 17.7. The first-order valence-corrected chi connectivity index (χ1v) is 9.12. The van der Waals surface area contributed by atoms with E-state index in [2.05, 4.69) is 21.0 Å². The maximum Gasteiger partial charge on any atom is 0.337 e. The van der Waals surface area contributed by atoms with E-state index in [0.717, 1.165) is 25.9 Å². The first-order valence-electron chi connectivity index (χ1n) is 9.12. The number of piperidine rings is 1. The van der Waals surface area contributed by atoms with Crippen LogP contribution in [0.5, 0.6) is 0 Å². The van der Waals surface area contributed by atoms with Gasteiger partial charge >= 0.3 is 12.0 Å². The minimum Gasteiger partial charge on any atom is -0.432 e. The zero-order chi connectivity index (χ0) is 18.8. The molecule has 11 heteroatoms. The molecular weight excluding hydrogens is 354 g/mol. The van der Waals surface area contributed by atoms with Crippen LogP contribution in [0.25, 0.3) is 0 Å². The number of carbonyl (C=O) groups excluding carboxylic acids is 3. The molecule has 4 rings (SSSR count). The number of fused-ring (bicyclic) bond motifs is 1. The third-order valence-electron chi connectivity index (χ3n) is 5.22. The lowest BCUT2D eigenvalue weighted by Crippen LogP contribution is -2.61.